The summed E-state index contributed by atoms with van der Waals surface area (Å²) in [5, 5.41) is 1.48. The van der Waals surface area contributed by atoms with Gasteiger partial charge in [-0.15, -0.1) is 0 Å². The van der Waals surface area contributed by atoms with Gasteiger partial charge in [-0.1, -0.05) is 31.0 Å². The Morgan fingerprint density at radius 2 is 1.94 bits per heavy atom. The first-order valence-electron chi connectivity index (χ1n) is 5.40. The van der Waals surface area contributed by atoms with Crippen molar-refractivity contribution >= 4 is 23.4 Å². The highest BCUT2D eigenvalue weighted by Crippen LogP contribution is 2.32. The van der Waals surface area contributed by atoms with E-state index >= 15 is 0 Å². The van der Waals surface area contributed by atoms with Gasteiger partial charge in [-0.2, -0.15) is 15.0 Å². The fourth-order valence-corrected chi connectivity index (χ4v) is 3.13. The van der Waals surface area contributed by atoms with Gasteiger partial charge in [0, 0.05) is 5.25 Å². The molecule has 1 saturated carbocycles. The Hall–Kier alpha value is -0.550. The number of hydrogen-bond donors (Lipinski definition) is 0. The molecule has 1 aliphatic carbocycles. The van der Waals surface area contributed by atoms with E-state index in [1.807, 2.05) is 0 Å². The van der Waals surface area contributed by atoms with Crippen LogP contribution in [0.4, 0.5) is 0 Å². The van der Waals surface area contributed by atoms with Crippen LogP contribution in [0.15, 0.2) is 5.16 Å². The zero-order valence-electron chi connectivity index (χ0n) is 9.15. The van der Waals surface area contributed by atoms with Crippen LogP contribution in [0, 0.1) is 0 Å². The first-order chi connectivity index (χ1) is 7.78. The van der Waals surface area contributed by atoms with Crippen LogP contribution in [-0.2, 0) is 0 Å². The lowest BCUT2D eigenvalue weighted by atomic mass is 10.0. The third-order valence-electron chi connectivity index (χ3n) is 2.57. The summed E-state index contributed by atoms with van der Waals surface area (Å²) in [5.41, 5.74) is 0. The van der Waals surface area contributed by atoms with Crippen molar-refractivity contribution in [2.24, 2.45) is 0 Å². The Kier molecular flexibility index (Phi) is 4.23. The third kappa shape index (κ3) is 3.22. The molecule has 6 heteroatoms. The highest BCUT2D eigenvalue weighted by Gasteiger charge is 2.17. The molecular weight excluding hydrogens is 246 g/mol. The van der Waals surface area contributed by atoms with Gasteiger partial charge in [0.05, 0.1) is 7.11 Å². The topological polar surface area (TPSA) is 47.9 Å². The van der Waals surface area contributed by atoms with Gasteiger partial charge >= 0.3 is 6.01 Å². The summed E-state index contributed by atoms with van der Waals surface area (Å²) in [7, 11) is 1.53. The van der Waals surface area contributed by atoms with Crippen molar-refractivity contribution in [1.29, 1.82) is 0 Å². The number of aromatic nitrogens is 3. The minimum atomic E-state index is 0.199. The molecule has 1 aliphatic rings. The molecule has 0 N–H and O–H groups in total. The number of methoxy groups -OCH3 is 1. The van der Waals surface area contributed by atoms with Crippen LogP contribution in [0.3, 0.4) is 0 Å². The van der Waals surface area contributed by atoms with Gasteiger partial charge in [0.2, 0.25) is 5.28 Å². The van der Waals surface area contributed by atoms with Crippen LogP contribution >= 0.6 is 23.4 Å². The smallest absolute Gasteiger partial charge is 0.321 e. The second-order valence-corrected chi connectivity index (χ2v) is 5.36. The van der Waals surface area contributed by atoms with Gasteiger partial charge in [0.15, 0.2) is 5.16 Å². The number of ether oxygens (including phenoxy) is 1. The minimum absolute atomic E-state index is 0.199. The molecule has 0 atom stereocenters. The Morgan fingerprint density at radius 3 is 2.62 bits per heavy atom. The van der Waals surface area contributed by atoms with E-state index in [1.165, 1.54) is 39.2 Å². The summed E-state index contributed by atoms with van der Waals surface area (Å²) in [5.74, 6) is 0. The number of halogens is 1. The van der Waals surface area contributed by atoms with E-state index in [2.05, 4.69) is 15.0 Å². The monoisotopic (exact) mass is 259 g/mol. The summed E-state index contributed by atoms with van der Waals surface area (Å²) in [6.45, 7) is 0. The summed E-state index contributed by atoms with van der Waals surface area (Å²) in [4.78, 5) is 12.1. The van der Waals surface area contributed by atoms with Crippen molar-refractivity contribution in [2.75, 3.05) is 7.11 Å². The molecule has 0 aliphatic heterocycles. The molecule has 16 heavy (non-hydrogen) atoms. The predicted molar refractivity (Wildman–Crippen MR) is 64.1 cm³/mol. The maximum atomic E-state index is 5.79. The molecule has 1 fully saturated rings. The average Bonchev–Trinajstić information content (AvgIpc) is 2.29. The second-order valence-electron chi connectivity index (χ2n) is 3.75. The standard InChI is InChI=1S/C10H14ClN3OS/c1-15-9-12-8(11)13-10(14-9)16-7-5-3-2-4-6-7/h7H,2-6H2,1H3. The van der Waals surface area contributed by atoms with E-state index in [9.17, 15) is 0 Å². The minimum Gasteiger partial charge on any atom is -0.467 e. The quantitative estimate of drug-likeness (QED) is 0.835. The van der Waals surface area contributed by atoms with Gasteiger partial charge in [0.25, 0.3) is 0 Å². The lowest BCUT2D eigenvalue weighted by Crippen LogP contribution is -2.09. The van der Waals surface area contributed by atoms with E-state index < -0.39 is 0 Å². The van der Waals surface area contributed by atoms with Gasteiger partial charge in [-0.05, 0) is 24.4 Å². The summed E-state index contributed by atoms with van der Waals surface area (Å²) in [6, 6.07) is 0.290. The normalized spacial score (nSPS) is 17.4. The number of rotatable bonds is 3. The molecule has 0 spiro atoms. The Balaban J connectivity index is 2.04. The molecule has 1 heterocycles. The highest BCUT2D eigenvalue weighted by atomic mass is 35.5. The van der Waals surface area contributed by atoms with Crippen molar-refractivity contribution < 1.29 is 4.74 Å². The van der Waals surface area contributed by atoms with Crippen molar-refractivity contribution in [2.45, 2.75) is 42.5 Å². The zero-order valence-corrected chi connectivity index (χ0v) is 10.7. The maximum absolute atomic E-state index is 5.79. The molecule has 4 nitrogen and oxygen atoms in total. The number of thioether (sulfide) groups is 1. The van der Waals surface area contributed by atoms with Crippen LogP contribution in [0.25, 0.3) is 0 Å². The number of hydrogen-bond acceptors (Lipinski definition) is 5. The van der Waals surface area contributed by atoms with Crippen LogP contribution in [0.2, 0.25) is 5.28 Å². The molecular formula is C10H14ClN3OS. The Morgan fingerprint density at radius 1 is 1.19 bits per heavy atom. The van der Waals surface area contributed by atoms with Gasteiger partial charge in [-0.3, -0.25) is 0 Å². The molecule has 88 valence electrons. The molecule has 0 radical (unpaired) electrons. The van der Waals surface area contributed by atoms with Crippen LogP contribution < -0.4 is 4.74 Å². The molecule has 2 rings (SSSR count). The lowest BCUT2D eigenvalue weighted by molar-refractivity contribution is 0.372. The second kappa shape index (κ2) is 5.68. The van der Waals surface area contributed by atoms with Crippen LogP contribution in [-0.4, -0.2) is 27.3 Å². The molecule has 1 aromatic heterocycles. The average molecular weight is 260 g/mol. The van der Waals surface area contributed by atoms with Crippen molar-refractivity contribution in [1.82, 2.24) is 15.0 Å². The predicted octanol–water partition coefficient (Wildman–Crippen LogP) is 2.96. The van der Waals surface area contributed by atoms with Gasteiger partial charge in [0.1, 0.15) is 0 Å². The molecule has 0 saturated heterocycles. The first-order valence-corrected chi connectivity index (χ1v) is 6.66. The van der Waals surface area contributed by atoms with E-state index in [4.69, 9.17) is 16.3 Å². The molecule has 0 aromatic carbocycles. The zero-order chi connectivity index (χ0) is 11.4. The molecule has 0 unspecified atom stereocenters. The molecule has 0 amide bonds. The van der Waals surface area contributed by atoms with Crippen molar-refractivity contribution in [3.05, 3.63) is 5.28 Å². The maximum Gasteiger partial charge on any atom is 0.321 e. The van der Waals surface area contributed by atoms with E-state index in [1.54, 1.807) is 11.8 Å². The summed E-state index contributed by atoms with van der Waals surface area (Å²) in [6.07, 6.45) is 6.41. The SMILES string of the molecule is COc1nc(Cl)nc(SC2CCCCC2)n1. The van der Waals surface area contributed by atoms with E-state index in [-0.39, 0.29) is 5.28 Å². The summed E-state index contributed by atoms with van der Waals surface area (Å²) < 4.78 is 4.96. The van der Waals surface area contributed by atoms with Gasteiger partial charge in [-0.25, -0.2) is 0 Å². The van der Waals surface area contributed by atoms with Crippen LogP contribution in [0.1, 0.15) is 32.1 Å². The lowest BCUT2D eigenvalue weighted by Gasteiger charge is -2.19. The largest absolute Gasteiger partial charge is 0.467 e. The van der Waals surface area contributed by atoms with Crippen molar-refractivity contribution in [3.8, 4) is 6.01 Å². The Labute approximate surface area is 104 Å². The first kappa shape index (κ1) is 11.9. The fraction of sp³-hybridized carbons (Fsp3) is 0.700. The molecule has 0 bridgehead atoms. The molecule has 1 aromatic rings. The number of nitrogens with zero attached hydrogens (tertiary/aromatic N) is 3. The van der Waals surface area contributed by atoms with E-state index in [0.29, 0.717) is 16.4 Å². The summed E-state index contributed by atoms with van der Waals surface area (Å²) >= 11 is 7.47. The Bertz CT molecular complexity index is 358. The fourth-order valence-electron chi connectivity index (χ4n) is 1.79. The third-order valence-corrected chi connectivity index (χ3v) is 3.94. The highest BCUT2D eigenvalue weighted by molar-refractivity contribution is 7.99. The van der Waals surface area contributed by atoms with Crippen molar-refractivity contribution in [3.63, 3.8) is 0 Å². The van der Waals surface area contributed by atoms with Gasteiger partial charge < -0.3 is 4.74 Å². The van der Waals surface area contributed by atoms with E-state index in [0.717, 1.165) is 0 Å². The van der Waals surface area contributed by atoms with Crippen LogP contribution in [0.5, 0.6) is 6.01 Å².